The highest BCUT2D eigenvalue weighted by Gasteiger charge is 2.40. The lowest BCUT2D eigenvalue weighted by Crippen LogP contribution is -2.40. The molecule has 8 rings (SSSR count). The molecule has 2 saturated heterocycles. The van der Waals surface area contributed by atoms with Gasteiger partial charge in [0.05, 0.1) is 35.0 Å². The van der Waals surface area contributed by atoms with Crippen molar-refractivity contribution in [3.63, 3.8) is 0 Å². The first kappa shape index (κ1) is 34.0. The Morgan fingerprint density at radius 3 is 2.40 bits per heavy atom. The molecule has 3 aliphatic heterocycles. The van der Waals surface area contributed by atoms with Crippen molar-refractivity contribution in [3.05, 3.63) is 65.9 Å². The molecule has 0 spiro atoms. The lowest BCUT2D eigenvalue weighted by atomic mass is 9.92. The standard InChI is InChI=1S/C41H48N6O5/c1-22-15-33(46(20-22)38(48)51-40(3,4)5)37-43-30-13-11-24-17-29-27-12-10-25(16-26(27)21-50-34(29)18-28(24)35(30)45-37)31-19-42-36(44-31)32-14-9-23(2)47(32)39(49)52-41(6,7)8/h10-13,16-19,22-23,32-33H,9,14-15,20-21H2,1-8H3,(H,42,44)(H,43,45)/t22-,23-,32-,33-/m0/s1. The normalized spacial score (nSPS) is 21.7. The Labute approximate surface area is 304 Å². The Hall–Kier alpha value is -5.06. The number of hydrogen-bond donors (Lipinski definition) is 2. The molecule has 3 aromatic carbocycles. The first-order valence-corrected chi connectivity index (χ1v) is 18.4. The highest BCUT2D eigenvalue weighted by molar-refractivity contribution is 6.07. The van der Waals surface area contributed by atoms with E-state index in [1.165, 1.54) is 0 Å². The van der Waals surface area contributed by atoms with Gasteiger partial charge in [-0.2, -0.15) is 0 Å². The van der Waals surface area contributed by atoms with Gasteiger partial charge < -0.3 is 24.2 Å². The van der Waals surface area contributed by atoms with Crippen LogP contribution >= 0.6 is 0 Å². The topological polar surface area (TPSA) is 126 Å². The summed E-state index contributed by atoms with van der Waals surface area (Å²) in [7, 11) is 0. The Balaban J connectivity index is 1.07. The number of amides is 2. The van der Waals surface area contributed by atoms with Crippen molar-refractivity contribution in [1.29, 1.82) is 0 Å². The van der Waals surface area contributed by atoms with E-state index in [-0.39, 0.29) is 30.3 Å². The third-order valence-electron chi connectivity index (χ3n) is 10.3. The third-order valence-corrected chi connectivity index (χ3v) is 10.3. The summed E-state index contributed by atoms with van der Waals surface area (Å²) in [5.41, 5.74) is 5.81. The summed E-state index contributed by atoms with van der Waals surface area (Å²) >= 11 is 0. The molecule has 2 fully saturated rings. The summed E-state index contributed by atoms with van der Waals surface area (Å²) in [6.45, 7) is 16.6. The molecular formula is C41H48N6O5. The lowest BCUT2D eigenvalue weighted by molar-refractivity contribution is 0.0150. The maximum absolute atomic E-state index is 13.1. The van der Waals surface area contributed by atoms with Crippen LogP contribution in [0.25, 0.3) is 44.2 Å². The maximum atomic E-state index is 13.1. The molecule has 0 radical (unpaired) electrons. The highest BCUT2D eigenvalue weighted by atomic mass is 16.6. The fourth-order valence-electron chi connectivity index (χ4n) is 7.99. The molecule has 4 atom stereocenters. The van der Waals surface area contributed by atoms with Gasteiger partial charge in [0.2, 0.25) is 0 Å². The smallest absolute Gasteiger partial charge is 0.411 e. The summed E-state index contributed by atoms with van der Waals surface area (Å²) in [5.74, 6) is 2.70. The van der Waals surface area contributed by atoms with Crippen LogP contribution < -0.4 is 4.74 Å². The molecule has 5 aromatic rings. The molecule has 3 aliphatic rings. The van der Waals surface area contributed by atoms with Gasteiger partial charge in [0.25, 0.3) is 0 Å². The molecule has 0 bridgehead atoms. The number of H-pyrrole nitrogens is 2. The maximum Gasteiger partial charge on any atom is 0.411 e. The number of nitrogens with zero attached hydrogens (tertiary/aromatic N) is 4. The average Bonchev–Trinajstić information content (AvgIpc) is 3.87. The fourth-order valence-corrected chi connectivity index (χ4v) is 7.99. The number of benzene rings is 3. The number of rotatable bonds is 3. The molecule has 11 heteroatoms. The second kappa shape index (κ2) is 12.3. The van der Waals surface area contributed by atoms with E-state index >= 15 is 0 Å². The Kier molecular flexibility index (Phi) is 8.04. The van der Waals surface area contributed by atoms with Crippen LogP contribution in [0, 0.1) is 5.92 Å². The van der Waals surface area contributed by atoms with Crippen molar-refractivity contribution in [2.75, 3.05) is 6.54 Å². The quantitative estimate of drug-likeness (QED) is 0.192. The predicted octanol–water partition coefficient (Wildman–Crippen LogP) is 9.44. The van der Waals surface area contributed by atoms with Gasteiger partial charge in [-0.3, -0.25) is 9.80 Å². The van der Waals surface area contributed by atoms with Gasteiger partial charge in [-0.25, -0.2) is 19.6 Å². The minimum Gasteiger partial charge on any atom is -0.488 e. The molecule has 11 nitrogen and oxygen atoms in total. The Morgan fingerprint density at radius 2 is 1.63 bits per heavy atom. The summed E-state index contributed by atoms with van der Waals surface area (Å²) in [6.07, 6.45) is 3.77. The van der Waals surface area contributed by atoms with Crippen LogP contribution in [0.2, 0.25) is 0 Å². The van der Waals surface area contributed by atoms with E-state index in [1.807, 2.05) is 63.6 Å². The van der Waals surface area contributed by atoms with Gasteiger partial charge in [-0.1, -0.05) is 25.1 Å². The number of fused-ring (bicyclic) bond motifs is 6. The van der Waals surface area contributed by atoms with Crippen LogP contribution in [0.1, 0.15) is 104 Å². The second-order valence-corrected chi connectivity index (χ2v) is 16.8. The monoisotopic (exact) mass is 704 g/mol. The molecular weight excluding hydrogens is 656 g/mol. The van der Waals surface area contributed by atoms with E-state index in [4.69, 9.17) is 24.2 Å². The second-order valence-electron chi connectivity index (χ2n) is 16.8. The SMILES string of the molecule is C[C@H]1C[C@@H](c2nc3ccc4cc5c(cc4c3[nH]2)OCc2cc(-c3cnc([C@@H]4CC[C@H](C)N4C(=O)OC(C)(C)C)[nH]3)ccc2-5)N(C(=O)OC(C)(C)C)C1. The van der Waals surface area contributed by atoms with Crippen LogP contribution in [0.4, 0.5) is 9.59 Å². The summed E-state index contributed by atoms with van der Waals surface area (Å²) in [6, 6.07) is 14.6. The Bertz CT molecular complexity index is 2210. The van der Waals surface area contributed by atoms with Crippen molar-refractivity contribution < 1.29 is 23.8 Å². The zero-order valence-electron chi connectivity index (χ0n) is 31.3. The molecule has 0 aliphatic carbocycles. The van der Waals surface area contributed by atoms with Gasteiger partial charge in [0.15, 0.2) is 0 Å². The number of hydrogen-bond acceptors (Lipinski definition) is 7. The van der Waals surface area contributed by atoms with E-state index in [0.717, 1.165) is 86.4 Å². The third kappa shape index (κ3) is 6.24. The van der Waals surface area contributed by atoms with Crippen molar-refractivity contribution in [2.45, 2.75) is 111 Å². The largest absolute Gasteiger partial charge is 0.488 e. The van der Waals surface area contributed by atoms with Crippen LogP contribution in [-0.2, 0) is 16.1 Å². The summed E-state index contributed by atoms with van der Waals surface area (Å²) in [4.78, 5) is 46.7. The zero-order valence-corrected chi connectivity index (χ0v) is 31.3. The minimum atomic E-state index is -0.569. The zero-order chi connectivity index (χ0) is 36.7. The number of aromatic nitrogens is 4. The first-order chi connectivity index (χ1) is 24.6. The van der Waals surface area contributed by atoms with Crippen molar-refractivity contribution >= 4 is 34.0 Å². The van der Waals surface area contributed by atoms with Crippen molar-refractivity contribution in [3.8, 4) is 28.1 Å². The predicted molar refractivity (Wildman–Crippen MR) is 200 cm³/mol. The van der Waals surface area contributed by atoms with Gasteiger partial charge in [-0.15, -0.1) is 0 Å². The number of likely N-dealkylation sites (tertiary alicyclic amines) is 2. The van der Waals surface area contributed by atoms with E-state index < -0.39 is 11.2 Å². The van der Waals surface area contributed by atoms with Crippen LogP contribution in [0.15, 0.2) is 48.7 Å². The van der Waals surface area contributed by atoms with Crippen LogP contribution in [0.5, 0.6) is 5.75 Å². The molecule has 5 heterocycles. The lowest BCUT2D eigenvalue weighted by Gasteiger charge is -2.30. The molecule has 272 valence electrons. The number of ether oxygens (including phenoxy) is 3. The highest BCUT2D eigenvalue weighted by Crippen LogP contribution is 2.44. The summed E-state index contributed by atoms with van der Waals surface area (Å²) in [5, 5.41) is 2.10. The molecule has 2 aromatic heterocycles. The van der Waals surface area contributed by atoms with Crippen molar-refractivity contribution in [1.82, 2.24) is 29.7 Å². The van der Waals surface area contributed by atoms with Gasteiger partial charge in [0.1, 0.15) is 35.2 Å². The molecule has 0 unspecified atom stereocenters. The van der Waals surface area contributed by atoms with E-state index in [1.54, 1.807) is 0 Å². The average molecular weight is 705 g/mol. The van der Waals surface area contributed by atoms with Gasteiger partial charge in [0, 0.05) is 23.5 Å². The van der Waals surface area contributed by atoms with Crippen molar-refractivity contribution in [2.24, 2.45) is 5.92 Å². The number of imidazole rings is 2. The molecule has 0 saturated carbocycles. The first-order valence-electron chi connectivity index (χ1n) is 18.4. The van der Waals surface area contributed by atoms with E-state index in [2.05, 4.69) is 60.2 Å². The van der Waals surface area contributed by atoms with E-state index in [0.29, 0.717) is 19.1 Å². The van der Waals surface area contributed by atoms with Crippen LogP contribution in [0.3, 0.4) is 0 Å². The van der Waals surface area contributed by atoms with Crippen LogP contribution in [-0.4, -0.2) is 65.7 Å². The molecule has 2 amide bonds. The number of nitrogens with one attached hydrogen (secondary N) is 2. The van der Waals surface area contributed by atoms with Gasteiger partial charge in [-0.05, 0) is 120 Å². The fraction of sp³-hybridized carbons (Fsp3) is 0.463. The number of carbonyl (C=O) groups is 2. The summed E-state index contributed by atoms with van der Waals surface area (Å²) < 4.78 is 17.9. The number of aromatic amines is 2. The minimum absolute atomic E-state index is 0.0718. The molecule has 2 N–H and O–H groups in total. The van der Waals surface area contributed by atoms with E-state index in [9.17, 15) is 9.59 Å². The number of carbonyl (C=O) groups excluding carboxylic acids is 2. The van der Waals surface area contributed by atoms with Gasteiger partial charge >= 0.3 is 12.2 Å². The Morgan fingerprint density at radius 1 is 0.865 bits per heavy atom. The molecule has 52 heavy (non-hydrogen) atoms.